The molecule has 0 atom stereocenters. The van der Waals surface area contributed by atoms with Crippen LogP contribution in [0.1, 0.15) is 27.2 Å². The summed E-state index contributed by atoms with van der Waals surface area (Å²) in [7, 11) is 0. The summed E-state index contributed by atoms with van der Waals surface area (Å²) in [5, 5.41) is 5.52. The van der Waals surface area contributed by atoms with Crippen LogP contribution in [0, 0.1) is 13.8 Å². The number of hydrogen-bond donors (Lipinski definition) is 3. The minimum Gasteiger partial charge on any atom is -0.322 e. The molecule has 0 radical (unpaired) electrons. The van der Waals surface area contributed by atoms with E-state index in [1.54, 1.807) is 32.2 Å². The first-order valence-corrected chi connectivity index (χ1v) is 11.5. The smallest absolute Gasteiger partial charge is 0.322 e. The number of imidazole rings is 1. The van der Waals surface area contributed by atoms with Crippen molar-refractivity contribution in [2.45, 2.75) is 20.0 Å². The van der Waals surface area contributed by atoms with Crippen molar-refractivity contribution in [2.24, 2.45) is 0 Å². The van der Waals surface area contributed by atoms with Gasteiger partial charge in [-0.15, -0.1) is 0 Å². The molecule has 0 aliphatic rings. The molecule has 0 unspecified atom stereocenters. The summed E-state index contributed by atoms with van der Waals surface area (Å²) in [5.41, 5.74) is 0.517. The number of hydrogen-bond acceptors (Lipinski definition) is 5. The van der Waals surface area contributed by atoms with E-state index in [0.717, 1.165) is 16.7 Å². The summed E-state index contributed by atoms with van der Waals surface area (Å²) in [6, 6.07) is 8.55. The molecule has 0 saturated carbocycles. The molecule has 198 valence electrons. The molecule has 39 heavy (non-hydrogen) atoms. The Hall–Kier alpha value is -5.20. The highest BCUT2D eigenvalue weighted by Gasteiger charge is 2.32. The van der Waals surface area contributed by atoms with Crippen molar-refractivity contribution in [2.75, 3.05) is 10.6 Å². The summed E-state index contributed by atoms with van der Waals surface area (Å²) in [6.07, 6.45) is 0.816. The lowest BCUT2D eigenvalue weighted by Gasteiger charge is -2.14. The summed E-state index contributed by atoms with van der Waals surface area (Å²) >= 11 is 0. The molecule has 3 aromatic heterocycles. The number of rotatable bonds is 4. The quantitative estimate of drug-likeness (QED) is 0.302. The van der Waals surface area contributed by atoms with Gasteiger partial charge in [0.15, 0.2) is 5.65 Å². The van der Waals surface area contributed by atoms with Crippen LogP contribution in [0.2, 0.25) is 0 Å². The van der Waals surface area contributed by atoms with Gasteiger partial charge < -0.3 is 20.2 Å². The second-order valence-electron chi connectivity index (χ2n) is 8.76. The number of amides is 2. The highest BCUT2D eigenvalue weighted by molar-refractivity contribution is 6.05. The first-order chi connectivity index (χ1) is 18.5. The molecule has 2 amide bonds. The molecule has 13 heteroatoms. The van der Waals surface area contributed by atoms with Crippen LogP contribution in [-0.2, 0) is 6.18 Å². The van der Waals surface area contributed by atoms with Crippen LogP contribution in [0.25, 0.3) is 16.7 Å². The van der Waals surface area contributed by atoms with Crippen molar-refractivity contribution in [1.82, 2.24) is 24.1 Å². The van der Waals surface area contributed by atoms with Crippen LogP contribution in [-0.4, -0.2) is 36.0 Å². The molecule has 10 nitrogen and oxygen atoms in total. The van der Waals surface area contributed by atoms with E-state index in [1.807, 2.05) is 0 Å². The number of carbonyl (C=O) groups is 2. The van der Waals surface area contributed by atoms with Gasteiger partial charge in [0.25, 0.3) is 11.5 Å². The molecule has 5 aromatic rings. The van der Waals surface area contributed by atoms with Gasteiger partial charge in [-0.05, 0) is 55.8 Å². The van der Waals surface area contributed by atoms with E-state index in [0.29, 0.717) is 16.9 Å². The minimum absolute atomic E-state index is 0.124. The summed E-state index contributed by atoms with van der Waals surface area (Å²) in [4.78, 5) is 48.4. The minimum atomic E-state index is -4.68. The fourth-order valence-electron chi connectivity index (χ4n) is 3.96. The number of aromatic nitrogens is 5. The first kappa shape index (κ1) is 25.4. The second-order valence-corrected chi connectivity index (χ2v) is 8.76. The number of fused-ring (bicyclic) bond motifs is 1. The monoisotopic (exact) mass is 535 g/mol. The number of benzene rings is 2. The molecule has 0 saturated heterocycles. The van der Waals surface area contributed by atoms with Crippen molar-refractivity contribution in [3.63, 3.8) is 0 Å². The Morgan fingerprint density at radius 3 is 2.51 bits per heavy atom. The summed E-state index contributed by atoms with van der Waals surface area (Å²) < 4.78 is 43.3. The third-order valence-corrected chi connectivity index (χ3v) is 5.96. The lowest BCUT2D eigenvalue weighted by molar-refractivity contribution is -0.137. The number of anilines is 2. The second kappa shape index (κ2) is 9.59. The van der Waals surface area contributed by atoms with Gasteiger partial charge in [0.2, 0.25) is 0 Å². The number of nitrogens with one attached hydrogen (secondary N) is 3. The SMILES string of the molecule is Cc1cn(-c2cc(C(=O)Nc3ccc(C)c(NC(=O)n4ccc5c(=O)[nH]cnc54)c3)cc(C(F)(F)F)c2)cn1. The maximum atomic E-state index is 13.6. The Labute approximate surface area is 218 Å². The van der Waals surface area contributed by atoms with Gasteiger partial charge in [-0.1, -0.05) is 6.07 Å². The number of carbonyl (C=O) groups excluding carboxylic acids is 2. The topological polar surface area (TPSA) is 127 Å². The Balaban J connectivity index is 1.42. The Kier molecular flexibility index (Phi) is 6.26. The van der Waals surface area contributed by atoms with Gasteiger partial charge in [-0.2, -0.15) is 13.2 Å². The highest BCUT2D eigenvalue weighted by Crippen LogP contribution is 2.32. The zero-order valence-corrected chi connectivity index (χ0v) is 20.5. The average molecular weight is 535 g/mol. The third-order valence-electron chi connectivity index (χ3n) is 5.96. The number of nitrogens with zero attached hydrogens (tertiary/aromatic N) is 4. The molecule has 0 bridgehead atoms. The lowest BCUT2D eigenvalue weighted by atomic mass is 10.1. The zero-order chi connectivity index (χ0) is 27.9. The molecule has 0 aliphatic carbocycles. The Morgan fingerprint density at radius 1 is 1.00 bits per heavy atom. The standard InChI is InChI=1S/C26H20F3N7O3/c1-14-3-4-18(10-21(14)34-25(39)36-6-5-20-22(36)30-12-31-24(20)38)33-23(37)16-7-17(26(27,28)29)9-19(8-16)35-11-15(2)32-13-35/h3-13H,1-2H3,(H,33,37)(H,34,39)(H,30,31,38). The molecule has 3 heterocycles. The van der Waals surface area contributed by atoms with Gasteiger partial charge in [0, 0.05) is 35.0 Å². The molecule has 5 rings (SSSR count). The van der Waals surface area contributed by atoms with Crippen molar-refractivity contribution >= 4 is 34.3 Å². The van der Waals surface area contributed by atoms with Crippen LogP contribution < -0.4 is 16.2 Å². The molecule has 0 aliphatic heterocycles. The van der Waals surface area contributed by atoms with Gasteiger partial charge in [-0.25, -0.2) is 14.8 Å². The number of H-pyrrole nitrogens is 1. The Bertz CT molecular complexity index is 1800. The van der Waals surface area contributed by atoms with E-state index >= 15 is 0 Å². The van der Waals surface area contributed by atoms with E-state index in [9.17, 15) is 27.6 Å². The molecule has 0 spiro atoms. The maximum absolute atomic E-state index is 13.6. The number of alkyl halides is 3. The van der Waals surface area contributed by atoms with Gasteiger partial charge >= 0.3 is 12.2 Å². The molecule has 3 N–H and O–H groups in total. The van der Waals surface area contributed by atoms with E-state index in [2.05, 4.69) is 25.6 Å². The predicted molar refractivity (Wildman–Crippen MR) is 137 cm³/mol. The van der Waals surface area contributed by atoms with Crippen molar-refractivity contribution in [3.8, 4) is 5.69 Å². The van der Waals surface area contributed by atoms with Crippen LogP contribution in [0.5, 0.6) is 0 Å². The largest absolute Gasteiger partial charge is 0.416 e. The third kappa shape index (κ3) is 5.14. The maximum Gasteiger partial charge on any atom is 0.416 e. The van der Waals surface area contributed by atoms with E-state index < -0.39 is 29.2 Å². The predicted octanol–water partition coefficient (Wildman–Crippen LogP) is 4.88. The zero-order valence-electron chi connectivity index (χ0n) is 20.5. The van der Waals surface area contributed by atoms with Crippen molar-refractivity contribution < 1.29 is 22.8 Å². The fourth-order valence-corrected chi connectivity index (χ4v) is 3.96. The molecule has 2 aromatic carbocycles. The lowest BCUT2D eigenvalue weighted by Crippen LogP contribution is -2.20. The normalized spacial score (nSPS) is 11.5. The number of aryl methyl sites for hydroxylation is 2. The number of aromatic amines is 1. The van der Waals surface area contributed by atoms with Crippen LogP contribution in [0.4, 0.5) is 29.3 Å². The summed E-state index contributed by atoms with van der Waals surface area (Å²) in [6.45, 7) is 3.42. The Morgan fingerprint density at radius 2 is 1.79 bits per heavy atom. The summed E-state index contributed by atoms with van der Waals surface area (Å²) in [5.74, 6) is -0.778. The molecular weight excluding hydrogens is 515 g/mol. The first-order valence-electron chi connectivity index (χ1n) is 11.5. The average Bonchev–Trinajstić information content (AvgIpc) is 3.52. The fraction of sp³-hybridized carbons (Fsp3) is 0.115. The van der Waals surface area contributed by atoms with Crippen LogP contribution >= 0.6 is 0 Å². The molecular formula is C26H20F3N7O3. The van der Waals surface area contributed by atoms with E-state index in [4.69, 9.17) is 0 Å². The van der Waals surface area contributed by atoms with Crippen LogP contribution in [0.15, 0.2) is 72.3 Å². The van der Waals surface area contributed by atoms with Gasteiger partial charge in [0.05, 0.1) is 29.3 Å². The van der Waals surface area contributed by atoms with Gasteiger partial charge in [0.1, 0.15) is 0 Å². The van der Waals surface area contributed by atoms with Crippen molar-refractivity contribution in [3.05, 3.63) is 100 Å². The van der Waals surface area contributed by atoms with Crippen LogP contribution in [0.3, 0.4) is 0 Å². The number of halogens is 3. The highest BCUT2D eigenvalue weighted by atomic mass is 19.4. The van der Waals surface area contributed by atoms with E-state index in [-0.39, 0.29) is 28.0 Å². The van der Waals surface area contributed by atoms with Gasteiger partial charge in [-0.3, -0.25) is 14.2 Å². The van der Waals surface area contributed by atoms with E-state index in [1.165, 1.54) is 41.6 Å². The molecule has 0 fully saturated rings. The van der Waals surface area contributed by atoms with Crippen molar-refractivity contribution in [1.29, 1.82) is 0 Å².